The van der Waals surface area contributed by atoms with Gasteiger partial charge in [0.25, 0.3) is 0 Å². The van der Waals surface area contributed by atoms with E-state index in [-0.39, 0.29) is 0 Å². The summed E-state index contributed by atoms with van der Waals surface area (Å²) < 4.78 is 0. The van der Waals surface area contributed by atoms with Gasteiger partial charge in [0.1, 0.15) is 0 Å². The Kier molecular flexibility index (Phi) is 1.36. The largest absolute Gasteiger partial charge is 0.0822 e. The van der Waals surface area contributed by atoms with Crippen LogP contribution in [0.25, 0.3) is 0 Å². The van der Waals surface area contributed by atoms with Gasteiger partial charge in [-0.05, 0) is 37.5 Å². The summed E-state index contributed by atoms with van der Waals surface area (Å²) in [5.41, 5.74) is 1.68. The summed E-state index contributed by atoms with van der Waals surface area (Å²) in [5, 5.41) is 0. The molecule has 0 aromatic carbocycles. The summed E-state index contributed by atoms with van der Waals surface area (Å²) in [5.74, 6) is 2.99. The van der Waals surface area contributed by atoms with E-state index in [1.165, 1.54) is 19.3 Å². The highest BCUT2D eigenvalue weighted by molar-refractivity contribution is 5.19. The van der Waals surface area contributed by atoms with Crippen LogP contribution in [0.5, 0.6) is 0 Å². The second-order valence-electron chi connectivity index (χ2n) is 3.92. The second-order valence-corrected chi connectivity index (χ2v) is 3.92. The number of rotatable bonds is 1. The molecule has 1 saturated carbocycles. The molecule has 2 bridgehead atoms. The minimum atomic E-state index is 0.968. The van der Waals surface area contributed by atoms with Crippen LogP contribution in [-0.4, -0.2) is 0 Å². The molecule has 0 aromatic rings. The fourth-order valence-corrected chi connectivity index (χ4v) is 2.81. The summed E-state index contributed by atoms with van der Waals surface area (Å²) in [6.45, 7) is 4.64. The number of allylic oxidation sites excluding steroid dienone is 2. The molecule has 0 N–H and O–H groups in total. The molecule has 0 nitrogen and oxygen atoms in total. The van der Waals surface area contributed by atoms with Crippen LogP contribution in [0.2, 0.25) is 0 Å². The summed E-state index contributed by atoms with van der Waals surface area (Å²) >= 11 is 0. The fourth-order valence-electron chi connectivity index (χ4n) is 2.81. The van der Waals surface area contributed by atoms with Crippen molar-refractivity contribution in [3.63, 3.8) is 0 Å². The highest BCUT2D eigenvalue weighted by Crippen LogP contribution is 2.48. The van der Waals surface area contributed by atoms with Crippen molar-refractivity contribution >= 4 is 0 Å². The highest BCUT2D eigenvalue weighted by Gasteiger charge is 2.37. The van der Waals surface area contributed by atoms with Gasteiger partial charge in [0, 0.05) is 0 Å². The van der Waals surface area contributed by atoms with Gasteiger partial charge in [-0.25, -0.2) is 0 Å². The molecule has 2 aliphatic carbocycles. The van der Waals surface area contributed by atoms with Gasteiger partial charge in [-0.3, -0.25) is 0 Å². The minimum absolute atomic E-state index is 0.968. The molecule has 0 heteroatoms. The van der Waals surface area contributed by atoms with Crippen LogP contribution in [0, 0.1) is 17.8 Å². The normalized spacial score (nSPS) is 44.2. The SMILES string of the molecule is CCC1CC2C=C(C)C1C2. The molecule has 56 valence electrons. The van der Waals surface area contributed by atoms with Crippen LogP contribution >= 0.6 is 0 Å². The molecule has 3 unspecified atom stereocenters. The van der Waals surface area contributed by atoms with Gasteiger partial charge in [0.15, 0.2) is 0 Å². The lowest BCUT2D eigenvalue weighted by Crippen LogP contribution is -2.08. The topological polar surface area (TPSA) is 0 Å². The van der Waals surface area contributed by atoms with Gasteiger partial charge in [0.2, 0.25) is 0 Å². The number of fused-ring (bicyclic) bond motifs is 2. The van der Waals surface area contributed by atoms with Crippen LogP contribution < -0.4 is 0 Å². The first-order chi connectivity index (χ1) is 4.81. The maximum absolute atomic E-state index is 2.50. The number of hydrogen-bond acceptors (Lipinski definition) is 0. The van der Waals surface area contributed by atoms with Crippen molar-refractivity contribution in [3.8, 4) is 0 Å². The predicted octanol–water partition coefficient (Wildman–Crippen LogP) is 3.00. The van der Waals surface area contributed by atoms with Crippen molar-refractivity contribution in [1.82, 2.24) is 0 Å². The lowest BCUT2D eigenvalue weighted by atomic mass is 9.86. The Hall–Kier alpha value is -0.260. The van der Waals surface area contributed by atoms with Crippen LogP contribution in [0.1, 0.15) is 33.1 Å². The lowest BCUT2D eigenvalue weighted by Gasteiger charge is -2.19. The first kappa shape index (κ1) is 6.45. The molecule has 10 heavy (non-hydrogen) atoms. The lowest BCUT2D eigenvalue weighted by molar-refractivity contribution is 0.417. The molecule has 0 heterocycles. The molecule has 1 fully saturated rings. The van der Waals surface area contributed by atoms with Crippen molar-refractivity contribution in [1.29, 1.82) is 0 Å². The summed E-state index contributed by atoms with van der Waals surface area (Å²) in [6, 6.07) is 0. The van der Waals surface area contributed by atoms with Crippen molar-refractivity contribution < 1.29 is 0 Å². The molecule has 2 rings (SSSR count). The van der Waals surface area contributed by atoms with E-state index in [4.69, 9.17) is 0 Å². The standard InChI is InChI=1S/C10H16/c1-3-9-5-8-4-7(2)10(9)6-8/h4,8-10H,3,5-6H2,1-2H3. The molecule has 0 radical (unpaired) electrons. The average molecular weight is 136 g/mol. The zero-order valence-electron chi connectivity index (χ0n) is 6.93. The van der Waals surface area contributed by atoms with Gasteiger partial charge in [-0.15, -0.1) is 0 Å². The second kappa shape index (κ2) is 2.11. The Morgan fingerprint density at radius 2 is 2.30 bits per heavy atom. The van der Waals surface area contributed by atoms with Crippen LogP contribution in [0.15, 0.2) is 11.6 Å². The molecular formula is C10H16. The first-order valence-corrected chi connectivity index (χ1v) is 4.49. The molecule has 3 atom stereocenters. The van der Waals surface area contributed by atoms with E-state index in [9.17, 15) is 0 Å². The van der Waals surface area contributed by atoms with Crippen LogP contribution in [0.4, 0.5) is 0 Å². The smallest absolute Gasteiger partial charge is 0.0172 e. The zero-order valence-corrected chi connectivity index (χ0v) is 6.93. The summed E-state index contributed by atoms with van der Waals surface area (Å²) in [7, 11) is 0. The van der Waals surface area contributed by atoms with Gasteiger partial charge >= 0.3 is 0 Å². The third-order valence-electron chi connectivity index (χ3n) is 3.34. The maximum atomic E-state index is 2.50. The Bertz CT molecular complexity index is 167. The molecule has 0 amide bonds. The minimum Gasteiger partial charge on any atom is -0.0822 e. The quantitative estimate of drug-likeness (QED) is 0.486. The van der Waals surface area contributed by atoms with Gasteiger partial charge < -0.3 is 0 Å². The molecule has 2 aliphatic rings. The molecular weight excluding hydrogens is 120 g/mol. The molecule has 0 aromatic heterocycles. The monoisotopic (exact) mass is 136 g/mol. The molecule has 0 spiro atoms. The van der Waals surface area contributed by atoms with Crippen LogP contribution in [0.3, 0.4) is 0 Å². The van der Waals surface area contributed by atoms with E-state index in [1.54, 1.807) is 5.57 Å². The predicted molar refractivity (Wildman–Crippen MR) is 43.8 cm³/mol. The maximum Gasteiger partial charge on any atom is -0.0172 e. The zero-order chi connectivity index (χ0) is 7.14. The van der Waals surface area contributed by atoms with Gasteiger partial charge in [-0.2, -0.15) is 0 Å². The molecule has 0 saturated heterocycles. The van der Waals surface area contributed by atoms with Crippen LogP contribution in [-0.2, 0) is 0 Å². The Labute approximate surface area is 63.3 Å². The Morgan fingerprint density at radius 3 is 2.70 bits per heavy atom. The van der Waals surface area contributed by atoms with E-state index < -0.39 is 0 Å². The van der Waals surface area contributed by atoms with E-state index in [1.807, 2.05) is 0 Å². The van der Waals surface area contributed by atoms with Crippen molar-refractivity contribution in [2.24, 2.45) is 17.8 Å². The van der Waals surface area contributed by atoms with E-state index >= 15 is 0 Å². The van der Waals surface area contributed by atoms with Crippen molar-refractivity contribution in [2.75, 3.05) is 0 Å². The molecule has 0 aliphatic heterocycles. The fraction of sp³-hybridized carbons (Fsp3) is 0.800. The number of hydrogen-bond donors (Lipinski definition) is 0. The van der Waals surface area contributed by atoms with Gasteiger partial charge in [-0.1, -0.05) is 25.0 Å². The third-order valence-corrected chi connectivity index (χ3v) is 3.34. The van der Waals surface area contributed by atoms with E-state index in [0.717, 1.165) is 17.8 Å². The highest BCUT2D eigenvalue weighted by atomic mass is 14.4. The first-order valence-electron chi connectivity index (χ1n) is 4.49. The summed E-state index contributed by atoms with van der Waals surface area (Å²) in [6.07, 6.45) is 6.85. The Balaban J connectivity index is 2.16. The summed E-state index contributed by atoms with van der Waals surface area (Å²) in [4.78, 5) is 0. The van der Waals surface area contributed by atoms with E-state index in [2.05, 4.69) is 19.9 Å². The van der Waals surface area contributed by atoms with Crippen molar-refractivity contribution in [2.45, 2.75) is 33.1 Å². The average Bonchev–Trinajstić information content (AvgIpc) is 2.44. The van der Waals surface area contributed by atoms with Gasteiger partial charge in [0.05, 0.1) is 0 Å². The third kappa shape index (κ3) is 0.744. The Morgan fingerprint density at radius 1 is 1.50 bits per heavy atom. The van der Waals surface area contributed by atoms with E-state index in [0.29, 0.717) is 0 Å². The van der Waals surface area contributed by atoms with Crippen molar-refractivity contribution in [3.05, 3.63) is 11.6 Å².